The second-order valence-electron chi connectivity index (χ2n) is 0. The van der Waals surface area contributed by atoms with Crippen molar-refractivity contribution in [3.05, 3.63) is 0 Å². The van der Waals surface area contributed by atoms with Crippen LogP contribution in [0.15, 0.2) is 0 Å². The molecule has 5 heavy (non-hydrogen) atoms. The smallest absolute Gasteiger partial charge is 1.00 e. The van der Waals surface area contributed by atoms with Crippen LogP contribution < -0.4 is 0 Å². The molecule has 0 radical (unpaired) electrons. The van der Waals surface area contributed by atoms with E-state index < -0.39 is 0 Å². The molecule has 0 aliphatic rings. The third-order valence-corrected chi connectivity index (χ3v) is 0. The summed E-state index contributed by atoms with van der Waals surface area (Å²) in [6.45, 7) is 0. The first kappa shape index (κ1) is 47.8. The molecule has 0 aromatic heterocycles. The molecule has 0 bridgehead atoms. The van der Waals surface area contributed by atoms with Gasteiger partial charge in [0.1, 0.15) is 0 Å². The molecule has 0 aromatic rings. The van der Waals surface area contributed by atoms with Gasteiger partial charge in [0.2, 0.25) is 0 Å². The Labute approximate surface area is 88.4 Å². The van der Waals surface area contributed by atoms with Crippen LogP contribution in [0.1, 0.15) is 2.85 Å². The van der Waals surface area contributed by atoms with Crippen LogP contribution in [-0.4, -0.2) is 55.1 Å². The van der Waals surface area contributed by atoms with Crippen molar-refractivity contribution in [1.29, 1.82) is 0 Å². The summed E-state index contributed by atoms with van der Waals surface area (Å²) in [5, 5.41) is 0. The van der Waals surface area contributed by atoms with Gasteiger partial charge in [0.15, 0.2) is 17.4 Å². The Kier molecular flexibility index (Phi) is 288. The van der Waals surface area contributed by atoms with Crippen molar-refractivity contribution in [3.63, 3.8) is 0 Å². The van der Waals surface area contributed by atoms with E-state index in [9.17, 15) is 0 Å². The average Bonchev–Trinajstić information content (AvgIpc) is 0. The fraction of sp³-hybridized carbons (Fsp3) is 0. The third kappa shape index (κ3) is 20.4. The molecule has 0 rings (SSSR count). The maximum absolute atomic E-state index is 0. The zero-order valence-electron chi connectivity index (χ0n) is 4.18. The summed E-state index contributed by atoms with van der Waals surface area (Å²) < 4.78 is 0. The average molecular weight is 182 g/mol. The van der Waals surface area contributed by atoms with Crippen LogP contribution in [-0.2, 0) is 17.1 Å². The van der Waals surface area contributed by atoms with Gasteiger partial charge in [0, 0.05) is 17.1 Å². The Morgan fingerprint density at radius 2 is 1.20 bits per heavy atom. The Morgan fingerprint density at radius 3 is 1.20 bits per heavy atom. The second-order valence-corrected chi connectivity index (χ2v) is 0. The van der Waals surface area contributed by atoms with E-state index in [1.165, 1.54) is 0 Å². The number of hydrogen-bond acceptors (Lipinski definition) is 0. The molecule has 0 saturated heterocycles. The van der Waals surface area contributed by atoms with Gasteiger partial charge in [-0.05, 0) is 0 Å². The van der Waals surface area contributed by atoms with Gasteiger partial charge in [-0.1, -0.05) is 0 Å². The van der Waals surface area contributed by atoms with Crippen LogP contribution in [0.3, 0.4) is 0 Å². The fourth-order valence-electron chi connectivity index (χ4n) is 0. The molecule has 34 valence electrons. The van der Waals surface area contributed by atoms with Gasteiger partial charge in [0.25, 0.3) is 0 Å². The van der Waals surface area contributed by atoms with Crippen molar-refractivity contribution in [2.45, 2.75) is 0 Å². The molecule has 0 aliphatic heterocycles. The second kappa shape index (κ2) is 30.1. The van der Waals surface area contributed by atoms with Crippen LogP contribution in [0.2, 0.25) is 0 Å². The van der Waals surface area contributed by atoms with E-state index in [1.807, 2.05) is 0 Å². The molecular weight excluding hydrogens is 173 g/mol. The first-order chi connectivity index (χ1) is 0. The summed E-state index contributed by atoms with van der Waals surface area (Å²) >= 11 is 0. The molecule has 5 heteroatoms. The zero-order valence-corrected chi connectivity index (χ0v) is 6.90. The first-order valence-corrected chi connectivity index (χ1v) is 0. The van der Waals surface area contributed by atoms with E-state index >= 15 is 0 Å². The molecular formula is H9AlCaFFeP. The van der Waals surface area contributed by atoms with Crippen molar-refractivity contribution >= 4 is 65.0 Å². The Bertz CT molecular complexity index is 17.7. The molecule has 1 unspecified atom stereocenters. The van der Waals surface area contributed by atoms with Gasteiger partial charge in [-0.3, -0.25) is 4.70 Å². The predicted molar refractivity (Wildman–Crippen MR) is 31.5 cm³/mol. The van der Waals surface area contributed by atoms with Crippen LogP contribution in [0.4, 0.5) is 4.70 Å². The van der Waals surface area contributed by atoms with Crippen molar-refractivity contribution < 1.29 is 24.6 Å². The summed E-state index contributed by atoms with van der Waals surface area (Å²) in [7, 11) is 0. The van der Waals surface area contributed by atoms with Crippen molar-refractivity contribution in [2.24, 2.45) is 0 Å². The minimum absolute atomic E-state index is 0. The standard InChI is InChI=1S/Al.Ca.FH.Fe.H3P.5H/h;;1H;;1H3;;;;;/q;+2;;;;;;;2*-1. The number of rotatable bonds is 0. The quantitative estimate of drug-likeness (QED) is 0.328. The maximum Gasteiger partial charge on any atom is 2.00 e. The molecule has 0 fully saturated rings. The molecule has 0 amide bonds. The Balaban J connectivity index is 0. The van der Waals surface area contributed by atoms with Gasteiger partial charge < -0.3 is 2.85 Å². The molecule has 0 heterocycles. The van der Waals surface area contributed by atoms with Crippen LogP contribution in [0.25, 0.3) is 0 Å². The van der Waals surface area contributed by atoms with E-state index in [1.54, 1.807) is 0 Å². The summed E-state index contributed by atoms with van der Waals surface area (Å²) in [5.74, 6) is 0. The van der Waals surface area contributed by atoms with Crippen LogP contribution in [0.5, 0.6) is 0 Å². The largest absolute Gasteiger partial charge is 2.00 e. The molecule has 1 atom stereocenters. The third-order valence-electron chi connectivity index (χ3n) is 0. The minimum atomic E-state index is 0. The van der Waals surface area contributed by atoms with E-state index in [2.05, 4.69) is 0 Å². The summed E-state index contributed by atoms with van der Waals surface area (Å²) in [6.07, 6.45) is 0. The maximum atomic E-state index is 0. The van der Waals surface area contributed by atoms with Gasteiger partial charge in [-0.25, -0.2) is 0 Å². The van der Waals surface area contributed by atoms with Crippen molar-refractivity contribution in [2.75, 3.05) is 0 Å². The summed E-state index contributed by atoms with van der Waals surface area (Å²) in [4.78, 5) is 0. The molecule has 0 nitrogen and oxygen atoms in total. The Morgan fingerprint density at radius 1 is 1.20 bits per heavy atom. The number of halogens is 1. The summed E-state index contributed by atoms with van der Waals surface area (Å²) in [5.41, 5.74) is 0. The van der Waals surface area contributed by atoms with E-state index in [0.717, 1.165) is 0 Å². The molecule has 0 N–H and O–H groups in total. The van der Waals surface area contributed by atoms with E-state index in [0.29, 0.717) is 0 Å². The van der Waals surface area contributed by atoms with E-state index in [4.69, 9.17) is 0 Å². The van der Waals surface area contributed by atoms with Crippen LogP contribution in [0, 0.1) is 0 Å². The zero-order chi connectivity index (χ0) is 0. The minimum Gasteiger partial charge on any atom is -1.00 e. The van der Waals surface area contributed by atoms with Gasteiger partial charge in [0.05, 0.1) is 0 Å². The topological polar surface area (TPSA) is 0 Å². The summed E-state index contributed by atoms with van der Waals surface area (Å²) in [6, 6.07) is 0. The molecule has 0 spiro atoms. The molecule has 0 aliphatic carbocycles. The predicted octanol–water partition coefficient (Wildman–Crippen LogP) is -1.13. The van der Waals surface area contributed by atoms with Gasteiger partial charge in [-0.2, -0.15) is 9.90 Å². The fourth-order valence-corrected chi connectivity index (χ4v) is 0. The van der Waals surface area contributed by atoms with Gasteiger partial charge >= 0.3 is 37.7 Å². The van der Waals surface area contributed by atoms with Gasteiger partial charge in [-0.15, -0.1) is 0 Å². The SMILES string of the molecule is F.P.[AlH3].[Ca+2].[Fe].[H-].[H-]. The monoisotopic (exact) mass is 182 g/mol. The van der Waals surface area contributed by atoms with Crippen molar-refractivity contribution in [3.8, 4) is 0 Å². The van der Waals surface area contributed by atoms with E-state index in [-0.39, 0.29) is 89.6 Å². The normalized spacial score (nSPS) is 0. The molecule has 0 aromatic carbocycles. The van der Waals surface area contributed by atoms with Crippen LogP contribution >= 0.6 is 9.90 Å². The molecule has 0 saturated carbocycles. The van der Waals surface area contributed by atoms with Crippen molar-refractivity contribution in [1.82, 2.24) is 0 Å². The Hall–Kier alpha value is 2.67. The first-order valence-electron chi connectivity index (χ1n) is 0. The number of hydrogen-bond donors (Lipinski definition) is 0.